The Hall–Kier alpha value is -0.650. The molecule has 2 rings (SSSR count). The molecule has 2 unspecified atom stereocenters. The monoisotopic (exact) mass is 255 g/mol. The number of likely N-dealkylation sites (N-methyl/N-ethyl adjacent to an activating group) is 1. The number of carbonyl (C=O) groups is 1. The molecule has 0 aromatic carbocycles. The molecule has 5 nitrogen and oxygen atoms in total. The third-order valence-electron chi connectivity index (χ3n) is 4.11. The van der Waals surface area contributed by atoms with Crippen molar-refractivity contribution in [1.29, 1.82) is 0 Å². The van der Waals surface area contributed by atoms with E-state index in [1.807, 2.05) is 14.1 Å². The summed E-state index contributed by atoms with van der Waals surface area (Å²) < 4.78 is 0. The first kappa shape index (κ1) is 13.8. The highest BCUT2D eigenvalue weighted by Gasteiger charge is 2.51. The van der Waals surface area contributed by atoms with Gasteiger partial charge in [-0.15, -0.1) is 0 Å². The standard InChI is InChI=1S/C13H25N3O2/c1-10-8-13(12(17)18,14-6-7-15(2)3)9-16(10)11-4-5-11/h10-11,14H,4-9H2,1-3H3,(H,17,18). The van der Waals surface area contributed by atoms with Gasteiger partial charge in [-0.05, 0) is 40.3 Å². The van der Waals surface area contributed by atoms with Gasteiger partial charge in [0.05, 0.1) is 0 Å². The molecule has 1 aliphatic heterocycles. The van der Waals surface area contributed by atoms with E-state index in [0.29, 0.717) is 25.0 Å². The van der Waals surface area contributed by atoms with E-state index in [9.17, 15) is 9.90 Å². The number of hydrogen-bond donors (Lipinski definition) is 2. The van der Waals surface area contributed by atoms with Crippen LogP contribution in [0.1, 0.15) is 26.2 Å². The topological polar surface area (TPSA) is 55.8 Å². The number of rotatable bonds is 6. The zero-order valence-corrected chi connectivity index (χ0v) is 11.6. The number of hydrogen-bond acceptors (Lipinski definition) is 4. The van der Waals surface area contributed by atoms with Crippen molar-refractivity contribution in [1.82, 2.24) is 15.1 Å². The Labute approximate surface area is 109 Å². The highest BCUT2D eigenvalue weighted by molar-refractivity contribution is 5.80. The molecule has 1 heterocycles. The molecule has 1 aliphatic carbocycles. The van der Waals surface area contributed by atoms with Gasteiger partial charge in [-0.1, -0.05) is 0 Å². The summed E-state index contributed by atoms with van der Waals surface area (Å²) in [5, 5.41) is 12.9. The fraction of sp³-hybridized carbons (Fsp3) is 0.923. The lowest BCUT2D eigenvalue weighted by Crippen LogP contribution is -2.55. The van der Waals surface area contributed by atoms with E-state index < -0.39 is 11.5 Å². The molecule has 2 fully saturated rings. The lowest BCUT2D eigenvalue weighted by molar-refractivity contribution is -0.144. The molecule has 1 saturated heterocycles. The molecular weight excluding hydrogens is 230 g/mol. The summed E-state index contributed by atoms with van der Waals surface area (Å²) in [5.74, 6) is -0.698. The van der Waals surface area contributed by atoms with Crippen molar-refractivity contribution >= 4 is 5.97 Å². The molecule has 18 heavy (non-hydrogen) atoms. The van der Waals surface area contributed by atoms with Crippen LogP contribution in [0.15, 0.2) is 0 Å². The minimum absolute atomic E-state index is 0.375. The number of likely N-dealkylation sites (tertiary alicyclic amines) is 1. The number of carboxylic acid groups (broad SMARTS) is 1. The van der Waals surface area contributed by atoms with E-state index in [1.165, 1.54) is 12.8 Å². The predicted octanol–water partition coefficient (Wildman–Crippen LogP) is 0.218. The Balaban J connectivity index is 1.97. The number of nitrogens with one attached hydrogen (secondary N) is 1. The summed E-state index contributed by atoms with van der Waals surface area (Å²) in [6.45, 7) is 4.40. The molecule has 0 aromatic rings. The lowest BCUT2D eigenvalue weighted by atomic mass is 9.96. The zero-order chi connectivity index (χ0) is 13.3. The van der Waals surface area contributed by atoms with E-state index in [1.54, 1.807) is 0 Å². The third-order valence-corrected chi connectivity index (χ3v) is 4.11. The molecule has 0 spiro atoms. The van der Waals surface area contributed by atoms with E-state index in [2.05, 4.69) is 22.0 Å². The molecule has 1 saturated carbocycles. The second-order valence-electron chi connectivity index (χ2n) is 6.07. The molecule has 0 aromatic heterocycles. The zero-order valence-electron chi connectivity index (χ0n) is 11.6. The normalized spacial score (nSPS) is 33.2. The number of aliphatic carboxylic acids is 1. The fourth-order valence-corrected chi connectivity index (χ4v) is 2.93. The lowest BCUT2D eigenvalue weighted by Gasteiger charge is -2.27. The Kier molecular flexibility index (Phi) is 3.94. The van der Waals surface area contributed by atoms with Gasteiger partial charge in [0, 0.05) is 31.7 Å². The maximum Gasteiger partial charge on any atom is 0.325 e. The summed E-state index contributed by atoms with van der Waals surface area (Å²) in [5.41, 5.74) is -0.738. The SMILES string of the molecule is CC1CC(NCCN(C)C)(C(=O)O)CN1C1CC1. The van der Waals surface area contributed by atoms with Crippen molar-refractivity contribution in [2.45, 2.75) is 43.8 Å². The van der Waals surface area contributed by atoms with E-state index >= 15 is 0 Å². The van der Waals surface area contributed by atoms with Crippen LogP contribution in [-0.2, 0) is 4.79 Å². The van der Waals surface area contributed by atoms with Crippen LogP contribution in [-0.4, -0.2) is 72.2 Å². The first-order chi connectivity index (χ1) is 8.44. The Morgan fingerprint density at radius 2 is 2.17 bits per heavy atom. The van der Waals surface area contributed by atoms with Crippen LogP contribution < -0.4 is 5.32 Å². The largest absolute Gasteiger partial charge is 0.480 e. The molecule has 0 amide bonds. The van der Waals surface area contributed by atoms with Crippen molar-refractivity contribution in [2.24, 2.45) is 0 Å². The summed E-state index contributed by atoms with van der Waals surface area (Å²) in [6.07, 6.45) is 3.18. The van der Waals surface area contributed by atoms with E-state index in [0.717, 1.165) is 13.1 Å². The summed E-state index contributed by atoms with van der Waals surface area (Å²) >= 11 is 0. The Bertz CT molecular complexity index is 317. The number of nitrogens with zero attached hydrogens (tertiary/aromatic N) is 2. The van der Waals surface area contributed by atoms with Crippen molar-refractivity contribution in [3.63, 3.8) is 0 Å². The molecule has 2 aliphatic rings. The van der Waals surface area contributed by atoms with E-state index in [4.69, 9.17) is 0 Å². The van der Waals surface area contributed by atoms with Crippen LogP contribution in [0.25, 0.3) is 0 Å². The maximum absolute atomic E-state index is 11.6. The average Bonchev–Trinajstić information content (AvgIpc) is 3.03. The highest BCUT2D eigenvalue weighted by Crippen LogP contribution is 2.37. The first-order valence-corrected chi connectivity index (χ1v) is 6.83. The van der Waals surface area contributed by atoms with Gasteiger partial charge in [0.1, 0.15) is 5.54 Å². The van der Waals surface area contributed by atoms with E-state index in [-0.39, 0.29) is 0 Å². The van der Waals surface area contributed by atoms with Gasteiger partial charge >= 0.3 is 5.97 Å². The van der Waals surface area contributed by atoms with Crippen LogP contribution in [0.3, 0.4) is 0 Å². The van der Waals surface area contributed by atoms with Crippen LogP contribution in [0, 0.1) is 0 Å². The van der Waals surface area contributed by atoms with Gasteiger partial charge in [-0.25, -0.2) is 0 Å². The highest BCUT2D eigenvalue weighted by atomic mass is 16.4. The summed E-state index contributed by atoms with van der Waals surface area (Å²) in [7, 11) is 4.01. The Morgan fingerprint density at radius 1 is 1.50 bits per heavy atom. The Morgan fingerprint density at radius 3 is 2.67 bits per heavy atom. The number of carboxylic acids is 1. The first-order valence-electron chi connectivity index (χ1n) is 6.83. The van der Waals surface area contributed by atoms with Gasteiger partial charge < -0.3 is 10.0 Å². The second kappa shape index (κ2) is 5.15. The summed E-state index contributed by atoms with van der Waals surface area (Å²) in [6, 6.07) is 1.01. The van der Waals surface area contributed by atoms with Gasteiger partial charge in [0.15, 0.2) is 0 Å². The molecule has 2 N–H and O–H groups in total. The van der Waals surface area contributed by atoms with Crippen molar-refractivity contribution < 1.29 is 9.90 Å². The van der Waals surface area contributed by atoms with Crippen LogP contribution >= 0.6 is 0 Å². The molecule has 0 bridgehead atoms. The predicted molar refractivity (Wildman–Crippen MR) is 70.7 cm³/mol. The van der Waals surface area contributed by atoms with Gasteiger partial charge in [-0.3, -0.25) is 15.0 Å². The molecule has 104 valence electrons. The molecule has 0 radical (unpaired) electrons. The summed E-state index contributed by atoms with van der Waals surface area (Å²) in [4.78, 5) is 16.1. The second-order valence-corrected chi connectivity index (χ2v) is 6.07. The minimum Gasteiger partial charge on any atom is -0.480 e. The van der Waals surface area contributed by atoms with Crippen molar-refractivity contribution in [3.8, 4) is 0 Å². The van der Waals surface area contributed by atoms with Crippen molar-refractivity contribution in [3.05, 3.63) is 0 Å². The third kappa shape index (κ3) is 2.84. The molecule has 5 heteroatoms. The van der Waals surface area contributed by atoms with Gasteiger partial charge in [0.2, 0.25) is 0 Å². The minimum atomic E-state index is -0.738. The smallest absolute Gasteiger partial charge is 0.325 e. The van der Waals surface area contributed by atoms with Crippen LogP contribution in [0.2, 0.25) is 0 Å². The molecular formula is C13H25N3O2. The average molecular weight is 255 g/mol. The maximum atomic E-state index is 11.6. The molecule has 2 atom stereocenters. The fourth-order valence-electron chi connectivity index (χ4n) is 2.93. The van der Waals surface area contributed by atoms with Gasteiger partial charge in [-0.2, -0.15) is 0 Å². The van der Waals surface area contributed by atoms with Crippen LogP contribution in [0.5, 0.6) is 0 Å². The van der Waals surface area contributed by atoms with Gasteiger partial charge in [0.25, 0.3) is 0 Å². The van der Waals surface area contributed by atoms with Crippen molar-refractivity contribution in [2.75, 3.05) is 33.7 Å². The quantitative estimate of drug-likeness (QED) is 0.711. The van der Waals surface area contributed by atoms with Crippen LogP contribution in [0.4, 0.5) is 0 Å².